The molecule has 2 aliphatic rings. The van der Waals surface area contributed by atoms with Crippen LogP contribution < -0.4 is 0 Å². The second-order valence-electron chi connectivity index (χ2n) is 2.90. The maximum absolute atomic E-state index is 11.3. The Morgan fingerprint density at radius 2 is 2.08 bits per heavy atom. The van der Waals surface area contributed by atoms with Gasteiger partial charge in [0, 0.05) is 19.0 Å². The average molecular weight is 163 g/mol. The first-order chi connectivity index (χ1) is 5.79. The van der Waals surface area contributed by atoms with Crippen molar-refractivity contribution in [1.82, 2.24) is 4.90 Å². The van der Waals surface area contributed by atoms with Gasteiger partial charge in [0.15, 0.2) is 5.78 Å². The van der Waals surface area contributed by atoms with E-state index < -0.39 is 0 Å². The maximum atomic E-state index is 11.3. The molecule has 1 fully saturated rings. The van der Waals surface area contributed by atoms with Gasteiger partial charge in [0.1, 0.15) is 0 Å². The summed E-state index contributed by atoms with van der Waals surface area (Å²) >= 11 is 0. The molecule has 3 nitrogen and oxygen atoms in total. The fourth-order valence-corrected chi connectivity index (χ4v) is 1.46. The average Bonchev–Trinajstić information content (AvgIpc) is 2.12. The number of hydrogen-bond donors (Lipinski definition) is 0. The molecular formula is C9H9NO2. The van der Waals surface area contributed by atoms with Crippen molar-refractivity contribution in [3.63, 3.8) is 0 Å². The van der Waals surface area contributed by atoms with Crippen molar-refractivity contribution < 1.29 is 9.59 Å². The molecule has 0 unspecified atom stereocenters. The standard InChI is InChI=1S/C9H9NO2/c11-8-4-5-9(12)10-6-2-1-3-7(8)10/h2-3,6H,1,4-5H2. The minimum atomic E-state index is 0.0248. The SMILES string of the molecule is O=C1CCC(=O)N2C=CCC=C12. The van der Waals surface area contributed by atoms with Crippen LogP contribution in [0.25, 0.3) is 0 Å². The lowest BCUT2D eigenvalue weighted by Crippen LogP contribution is -2.35. The molecule has 0 radical (unpaired) electrons. The number of rotatable bonds is 0. The van der Waals surface area contributed by atoms with Crippen molar-refractivity contribution in [3.05, 3.63) is 24.0 Å². The molecule has 0 aliphatic carbocycles. The van der Waals surface area contributed by atoms with Gasteiger partial charge in [-0.25, -0.2) is 0 Å². The topological polar surface area (TPSA) is 37.4 Å². The normalized spacial score (nSPS) is 22.3. The molecule has 0 N–H and O–H groups in total. The van der Waals surface area contributed by atoms with Gasteiger partial charge in [-0.3, -0.25) is 14.5 Å². The van der Waals surface area contributed by atoms with Crippen LogP contribution in [-0.2, 0) is 9.59 Å². The quantitative estimate of drug-likeness (QED) is 0.533. The first kappa shape index (κ1) is 7.28. The number of hydrogen-bond acceptors (Lipinski definition) is 2. The number of carbonyl (C=O) groups excluding carboxylic acids is 2. The third kappa shape index (κ3) is 0.978. The van der Waals surface area contributed by atoms with Crippen molar-refractivity contribution in [2.24, 2.45) is 0 Å². The minimum absolute atomic E-state index is 0.0248. The largest absolute Gasteiger partial charge is 0.293 e. The molecule has 2 aliphatic heterocycles. The predicted molar refractivity (Wildman–Crippen MR) is 42.9 cm³/mol. The molecule has 0 aromatic carbocycles. The summed E-state index contributed by atoms with van der Waals surface area (Å²) in [6.07, 6.45) is 6.84. The lowest BCUT2D eigenvalue weighted by molar-refractivity contribution is -0.134. The van der Waals surface area contributed by atoms with E-state index in [1.807, 2.05) is 6.08 Å². The monoisotopic (exact) mass is 163 g/mol. The van der Waals surface area contributed by atoms with Gasteiger partial charge in [-0.05, 0) is 6.42 Å². The van der Waals surface area contributed by atoms with Gasteiger partial charge < -0.3 is 0 Å². The van der Waals surface area contributed by atoms with Crippen molar-refractivity contribution >= 4 is 11.7 Å². The van der Waals surface area contributed by atoms with Gasteiger partial charge in [0.2, 0.25) is 5.91 Å². The van der Waals surface area contributed by atoms with Crippen LogP contribution >= 0.6 is 0 Å². The Labute approximate surface area is 70.4 Å². The summed E-state index contributed by atoms with van der Waals surface area (Å²) in [5.41, 5.74) is 0.564. The van der Waals surface area contributed by atoms with E-state index in [1.54, 1.807) is 12.3 Å². The van der Waals surface area contributed by atoms with Gasteiger partial charge in [-0.15, -0.1) is 0 Å². The van der Waals surface area contributed by atoms with Crippen LogP contribution in [0, 0.1) is 0 Å². The van der Waals surface area contributed by atoms with Crippen molar-refractivity contribution in [2.45, 2.75) is 19.3 Å². The van der Waals surface area contributed by atoms with E-state index in [2.05, 4.69) is 0 Å². The van der Waals surface area contributed by atoms with Gasteiger partial charge in [-0.2, -0.15) is 0 Å². The van der Waals surface area contributed by atoms with E-state index in [-0.39, 0.29) is 11.7 Å². The van der Waals surface area contributed by atoms with Crippen molar-refractivity contribution in [3.8, 4) is 0 Å². The van der Waals surface area contributed by atoms with Gasteiger partial charge in [0.05, 0.1) is 5.70 Å². The molecule has 3 heteroatoms. The number of nitrogens with zero attached hydrogens (tertiary/aromatic N) is 1. The number of ketones is 1. The van der Waals surface area contributed by atoms with E-state index in [0.29, 0.717) is 18.5 Å². The maximum Gasteiger partial charge on any atom is 0.231 e. The molecule has 1 amide bonds. The predicted octanol–water partition coefficient (Wildman–Crippen LogP) is 0.979. The molecule has 12 heavy (non-hydrogen) atoms. The molecule has 1 saturated heterocycles. The van der Waals surface area contributed by atoms with E-state index in [1.165, 1.54) is 4.90 Å². The molecule has 0 bridgehead atoms. The second-order valence-corrected chi connectivity index (χ2v) is 2.90. The summed E-state index contributed by atoms with van der Waals surface area (Å²) in [4.78, 5) is 24.0. The fourth-order valence-electron chi connectivity index (χ4n) is 1.46. The van der Waals surface area contributed by atoms with E-state index in [9.17, 15) is 9.59 Å². The third-order valence-electron chi connectivity index (χ3n) is 2.08. The summed E-state index contributed by atoms with van der Waals surface area (Å²) in [5, 5.41) is 0. The minimum Gasteiger partial charge on any atom is -0.293 e. The molecule has 0 atom stereocenters. The summed E-state index contributed by atoms with van der Waals surface area (Å²) in [6, 6.07) is 0. The van der Waals surface area contributed by atoms with Crippen LogP contribution in [0.5, 0.6) is 0 Å². The Morgan fingerprint density at radius 3 is 2.83 bits per heavy atom. The highest BCUT2D eigenvalue weighted by Crippen LogP contribution is 2.22. The molecule has 0 saturated carbocycles. The highest BCUT2D eigenvalue weighted by Gasteiger charge is 2.28. The fraction of sp³-hybridized carbons (Fsp3) is 0.333. The van der Waals surface area contributed by atoms with Gasteiger partial charge in [0.25, 0.3) is 0 Å². The molecular weight excluding hydrogens is 154 g/mol. The van der Waals surface area contributed by atoms with Crippen LogP contribution in [0.2, 0.25) is 0 Å². The zero-order valence-electron chi connectivity index (χ0n) is 6.62. The van der Waals surface area contributed by atoms with E-state index >= 15 is 0 Å². The smallest absolute Gasteiger partial charge is 0.231 e. The Bertz CT molecular complexity index is 302. The van der Waals surface area contributed by atoms with Gasteiger partial charge >= 0.3 is 0 Å². The highest BCUT2D eigenvalue weighted by molar-refractivity contribution is 6.04. The highest BCUT2D eigenvalue weighted by atomic mass is 16.2. The van der Waals surface area contributed by atoms with Crippen LogP contribution in [0.3, 0.4) is 0 Å². The van der Waals surface area contributed by atoms with E-state index in [4.69, 9.17) is 0 Å². The zero-order chi connectivity index (χ0) is 8.55. The number of amides is 1. The molecule has 0 spiro atoms. The summed E-state index contributed by atoms with van der Waals surface area (Å²) in [5.74, 6) is 0.107. The van der Waals surface area contributed by atoms with Crippen molar-refractivity contribution in [2.75, 3.05) is 0 Å². The van der Waals surface area contributed by atoms with Crippen LogP contribution in [0.4, 0.5) is 0 Å². The molecule has 0 aromatic heterocycles. The summed E-state index contributed by atoms with van der Waals surface area (Å²) < 4.78 is 0. The Hall–Kier alpha value is -1.38. The molecule has 0 aromatic rings. The summed E-state index contributed by atoms with van der Waals surface area (Å²) in [6.45, 7) is 0. The molecule has 2 heterocycles. The third-order valence-corrected chi connectivity index (χ3v) is 2.08. The number of Topliss-reactive ketones (excluding diaryl/α,β-unsaturated/α-hetero) is 1. The Balaban J connectivity index is 2.35. The zero-order valence-corrected chi connectivity index (χ0v) is 6.62. The van der Waals surface area contributed by atoms with Crippen LogP contribution in [-0.4, -0.2) is 16.6 Å². The van der Waals surface area contributed by atoms with Crippen LogP contribution in [0.15, 0.2) is 24.0 Å². The molecule has 2 rings (SSSR count). The Kier molecular flexibility index (Phi) is 1.57. The number of piperidine rings is 1. The number of fused-ring (bicyclic) bond motifs is 1. The number of allylic oxidation sites excluding steroid dienone is 3. The number of carbonyl (C=O) groups is 2. The first-order valence-electron chi connectivity index (χ1n) is 4.01. The Morgan fingerprint density at radius 1 is 1.25 bits per heavy atom. The van der Waals surface area contributed by atoms with Crippen LogP contribution in [0.1, 0.15) is 19.3 Å². The van der Waals surface area contributed by atoms with Gasteiger partial charge in [-0.1, -0.05) is 12.2 Å². The summed E-state index contributed by atoms with van der Waals surface area (Å²) in [7, 11) is 0. The lowest BCUT2D eigenvalue weighted by atomic mass is 10.0. The lowest BCUT2D eigenvalue weighted by Gasteiger charge is -2.27. The first-order valence-corrected chi connectivity index (χ1v) is 4.01. The molecule has 62 valence electrons. The van der Waals surface area contributed by atoms with E-state index in [0.717, 1.165) is 6.42 Å². The second kappa shape index (κ2) is 2.59. The van der Waals surface area contributed by atoms with Crippen molar-refractivity contribution in [1.29, 1.82) is 0 Å².